The molecule has 0 amide bonds. The van der Waals surface area contributed by atoms with Crippen LogP contribution in [0.2, 0.25) is 0 Å². The number of nitriles is 1. The van der Waals surface area contributed by atoms with Gasteiger partial charge in [-0.1, -0.05) is 6.07 Å². The van der Waals surface area contributed by atoms with E-state index in [0.29, 0.717) is 6.54 Å². The highest BCUT2D eigenvalue weighted by molar-refractivity contribution is 5.92. The summed E-state index contributed by atoms with van der Waals surface area (Å²) >= 11 is 0. The summed E-state index contributed by atoms with van der Waals surface area (Å²) in [6, 6.07) is 7.31. The molecule has 17 heavy (non-hydrogen) atoms. The molecule has 0 unspecified atom stereocenters. The van der Waals surface area contributed by atoms with Gasteiger partial charge in [0.2, 0.25) is 0 Å². The van der Waals surface area contributed by atoms with E-state index in [2.05, 4.69) is 9.98 Å². The third kappa shape index (κ3) is 4.43. The first-order chi connectivity index (χ1) is 8.27. The number of esters is 1. The molecule has 1 heterocycles. The van der Waals surface area contributed by atoms with Crippen LogP contribution in [0.25, 0.3) is 0 Å². The minimum absolute atomic E-state index is 0.255. The van der Waals surface area contributed by atoms with Crippen molar-refractivity contribution in [2.75, 3.05) is 6.61 Å². The van der Waals surface area contributed by atoms with Gasteiger partial charge in [0.15, 0.2) is 5.92 Å². The van der Waals surface area contributed by atoms with Crippen LogP contribution in [0.3, 0.4) is 0 Å². The molecular formula is C12H13N3O2. The molecule has 1 aromatic rings. The molecule has 0 aliphatic carbocycles. The van der Waals surface area contributed by atoms with E-state index in [4.69, 9.17) is 10.00 Å². The number of nitrogens with zero attached hydrogens (tertiary/aromatic N) is 3. The molecule has 0 aliphatic rings. The molecule has 0 radical (unpaired) electrons. The van der Waals surface area contributed by atoms with Crippen molar-refractivity contribution in [3.63, 3.8) is 0 Å². The SMILES string of the molecule is CCOC(=O)[C@H](C#N)C=NCc1ccccn1. The van der Waals surface area contributed by atoms with Crippen molar-refractivity contribution in [2.45, 2.75) is 13.5 Å². The molecule has 5 heteroatoms. The summed E-state index contributed by atoms with van der Waals surface area (Å²) in [4.78, 5) is 19.3. The fourth-order valence-corrected chi connectivity index (χ4v) is 1.12. The van der Waals surface area contributed by atoms with Crippen LogP contribution < -0.4 is 0 Å². The fourth-order valence-electron chi connectivity index (χ4n) is 1.12. The van der Waals surface area contributed by atoms with Crippen LogP contribution in [0.15, 0.2) is 29.4 Å². The maximum atomic E-state index is 11.3. The van der Waals surface area contributed by atoms with Gasteiger partial charge in [0.1, 0.15) is 0 Å². The number of ether oxygens (including phenoxy) is 1. The third-order valence-electron chi connectivity index (χ3n) is 1.91. The number of hydrogen-bond donors (Lipinski definition) is 0. The lowest BCUT2D eigenvalue weighted by Crippen LogP contribution is -2.17. The Balaban J connectivity index is 2.52. The van der Waals surface area contributed by atoms with E-state index >= 15 is 0 Å². The van der Waals surface area contributed by atoms with Crippen molar-refractivity contribution in [1.29, 1.82) is 5.26 Å². The van der Waals surface area contributed by atoms with Crippen molar-refractivity contribution < 1.29 is 9.53 Å². The Morgan fingerprint density at radius 3 is 3.12 bits per heavy atom. The Bertz CT molecular complexity index is 423. The molecule has 0 saturated heterocycles. The lowest BCUT2D eigenvalue weighted by Gasteiger charge is -2.02. The monoisotopic (exact) mass is 231 g/mol. The predicted molar refractivity (Wildman–Crippen MR) is 62.2 cm³/mol. The Morgan fingerprint density at radius 2 is 2.53 bits per heavy atom. The zero-order valence-corrected chi connectivity index (χ0v) is 9.54. The molecule has 1 aromatic heterocycles. The second-order valence-electron chi connectivity index (χ2n) is 3.17. The van der Waals surface area contributed by atoms with Gasteiger partial charge in [-0.2, -0.15) is 5.26 Å². The van der Waals surface area contributed by atoms with E-state index in [1.807, 2.05) is 24.3 Å². The van der Waals surface area contributed by atoms with Crippen molar-refractivity contribution in [3.05, 3.63) is 30.1 Å². The average Bonchev–Trinajstić information content (AvgIpc) is 2.36. The average molecular weight is 231 g/mol. The zero-order valence-electron chi connectivity index (χ0n) is 9.54. The van der Waals surface area contributed by atoms with E-state index in [1.54, 1.807) is 13.1 Å². The van der Waals surface area contributed by atoms with Gasteiger partial charge in [-0.25, -0.2) is 0 Å². The van der Waals surface area contributed by atoms with Gasteiger partial charge in [-0.3, -0.25) is 14.8 Å². The highest BCUT2D eigenvalue weighted by Crippen LogP contribution is 1.98. The summed E-state index contributed by atoms with van der Waals surface area (Å²) in [6.07, 6.45) is 2.96. The maximum Gasteiger partial charge on any atom is 0.328 e. The fraction of sp³-hybridized carbons (Fsp3) is 0.333. The smallest absolute Gasteiger partial charge is 0.328 e. The van der Waals surface area contributed by atoms with E-state index in [9.17, 15) is 4.79 Å². The van der Waals surface area contributed by atoms with E-state index in [-0.39, 0.29) is 6.61 Å². The number of aliphatic imine (C=N–C) groups is 1. The minimum atomic E-state index is -0.946. The zero-order chi connectivity index (χ0) is 12.5. The van der Waals surface area contributed by atoms with Crippen molar-refractivity contribution >= 4 is 12.2 Å². The lowest BCUT2D eigenvalue weighted by molar-refractivity contribution is -0.143. The third-order valence-corrected chi connectivity index (χ3v) is 1.91. The second kappa shape index (κ2) is 7.12. The van der Waals surface area contributed by atoms with Gasteiger partial charge in [-0.15, -0.1) is 0 Å². The van der Waals surface area contributed by atoms with Gasteiger partial charge in [0.25, 0.3) is 0 Å². The molecule has 0 spiro atoms. The summed E-state index contributed by atoms with van der Waals surface area (Å²) in [5.74, 6) is -1.52. The Hall–Kier alpha value is -2.22. The van der Waals surface area contributed by atoms with Gasteiger partial charge in [0.05, 0.1) is 24.9 Å². The van der Waals surface area contributed by atoms with Crippen LogP contribution in [0, 0.1) is 17.2 Å². The molecule has 0 bridgehead atoms. The molecule has 88 valence electrons. The second-order valence-corrected chi connectivity index (χ2v) is 3.17. The van der Waals surface area contributed by atoms with Crippen LogP contribution in [0.1, 0.15) is 12.6 Å². The normalized spacial score (nSPS) is 12.0. The van der Waals surface area contributed by atoms with Crippen LogP contribution >= 0.6 is 0 Å². The molecular weight excluding hydrogens is 218 g/mol. The molecule has 0 aromatic carbocycles. The highest BCUT2D eigenvalue weighted by atomic mass is 16.5. The van der Waals surface area contributed by atoms with Crippen LogP contribution in [-0.2, 0) is 16.1 Å². The van der Waals surface area contributed by atoms with Gasteiger partial charge < -0.3 is 4.74 Å². The molecule has 5 nitrogen and oxygen atoms in total. The number of aromatic nitrogens is 1. The number of pyridine rings is 1. The van der Waals surface area contributed by atoms with Gasteiger partial charge in [0, 0.05) is 12.4 Å². The Labute approximate surface area is 99.8 Å². The lowest BCUT2D eigenvalue weighted by atomic mass is 10.2. The Kier molecular flexibility index (Phi) is 5.38. The molecule has 0 saturated carbocycles. The van der Waals surface area contributed by atoms with Crippen molar-refractivity contribution in [3.8, 4) is 6.07 Å². The van der Waals surface area contributed by atoms with Crippen LogP contribution in [-0.4, -0.2) is 23.8 Å². The number of carbonyl (C=O) groups is 1. The molecule has 0 N–H and O–H groups in total. The number of rotatable bonds is 5. The Morgan fingerprint density at radius 1 is 1.71 bits per heavy atom. The van der Waals surface area contributed by atoms with Crippen molar-refractivity contribution in [2.24, 2.45) is 10.9 Å². The van der Waals surface area contributed by atoms with Crippen LogP contribution in [0.4, 0.5) is 0 Å². The first-order valence-electron chi connectivity index (χ1n) is 5.24. The quantitative estimate of drug-likeness (QED) is 0.566. The standard InChI is InChI=1S/C12H13N3O2/c1-2-17-12(16)10(7-13)8-14-9-11-5-3-4-6-15-11/h3-6,8,10H,2,9H2,1H3/t10-/m1/s1. The molecule has 1 atom stereocenters. The summed E-state index contributed by atoms with van der Waals surface area (Å²) in [7, 11) is 0. The molecule has 1 rings (SSSR count). The van der Waals surface area contributed by atoms with Crippen LogP contribution in [0.5, 0.6) is 0 Å². The van der Waals surface area contributed by atoms with E-state index in [1.165, 1.54) is 6.21 Å². The largest absolute Gasteiger partial charge is 0.465 e. The topological polar surface area (TPSA) is 75.3 Å². The van der Waals surface area contributed by atoms with E-state index < -0.39 is 11.9 Å². The number of carbonyl (C=O) groups excluding carboxylic acids is 1. The predicted octanol–water partition coefficient (Wildman–Crippen LogP) is 1.36. The molecule has 0 aliphatic heterocycles. The highest BCUT2D eigenvalue weighted by Gasteiger charge is 2.15. The summed E-state index contributed by atoms with van der Waals surface area (Å²) < 4.78 is 4.73. The summed E-state index contributed by atoms with van der Waals surface area (Å²) in [6.45, 7) is 2.29. The maximum absolute atomic E-state index is 11.3. The molecule has 0 fully saturated rings. The first-order valence-corrected chi connectivity index (χ1v) is 5.24. The van der Waals surface area contributed by atoms with Crippen molar-refractivity contribution in [1.82, 2.24) is 4.98 Å². The summed E-state index contributed by atoms with van der Waals surface area (Å²) in [5.41, 5.74) is 0.782. The van der Waals surface area contributed by atoms with E-state index in [0.717, 1.165) is 5.69 Å². The van der Waals surface area contributed by atoms with Gasteiger partial charge in [-0.05, 0) is 19.1 Å². The number of hydrogen-bond acceptors (Lipinski definition) is 5. The summed E-state index contributed by atoms with van der Waals surface area (Å²) in [5, 5.41) is 8.76. The van der Waals surface area contributed by atoms with Gasteiger partial charge >= 0.3 is 5.97 Å². The minimum Gasteiger partial charge on any atom is -0.465 e. The first kappa shape index (κ1) is 12.8.